The van der Waals surface area contributed by atoms with Crippen LogP contribution in [0.15, 0.2) is 36.8 Å². The van der Waals surface area contributed by atoms with Gasteiger partial charge in [-0.05, 0) is 37.5 Å². The molecule has 0 saturated heterocycles. The van der Waals surface area contributed by atoms with E-state index >= 15 is 0 Å². The SMILES string of the molecule is Cc1cnc(Cl)cc1OCCCc1ccncc1. The van der Waals surface area contributed by atoms with E-state index in [9.17, 15) is 0 Å². The van der Waals surface area contributed by atoms with Crippen LogP contribution in [0.2, 0.25) is 5.15 Å². The highest BCUT2D eigenvalue weighted by atomic mass is 35.5. The van der Waals surface area contributed by atoms with Crippen LogP contribution in [0.3, 0.4) is 0 Å². The first-order valence-corrected chi connectivity index (χ1v) is 6.27. The van der Waals surface area contributed by atoms with Crippen LogP contribution < -0.4 is 4.74 Å². The number of aryl methyl sites for hydroxylation is 2. The zero-order valence-corrected chi connectivity index (χ0v) is 11.0. The van der Waals surface area contributed by atoms with Crippen LogP contribution in [0.25, 0.3) is 0 Å². The Kier molecular flexibility index (Phi) is 4.53. The summed E-state index contributed by atoms with van der Waals surface area (Å²) >= 11 is 5.83. The lowest BCUT2D eigenvalue weighted by Gasteiger charge is -2.08. The van der Waals surface area contributed by atoms with E-state index in [2.05, 4.69) is 9.97 Å². The predicted octanol–water partition coefficient (Wildman–Crippen LogP) is 3.45. The second kappa shape index (κ2) is 6.36. The molecular weight excluding hydrogens is 248 g/mol. The van der Waals surface area contributed by atoms with E-state index in [-0.39, 0.29) is 0 Å². The summed E-state index contributed by atoms with van der Waals surface area (Å²) in [4.78, 5) is 7.98. The molecule has 0 unspecified atom stereocenters. The predicted molar refractivity (Wildman–Crippen MR) is 72.0 cm³/mol. The van der Waals surface area contributed by atoms with Gasteiger partial charge in [0.25, 0.3) is 0 Å². The molecule has 0 radical (unpaired) electrons. The molecule has 2 heterocycles. The van der Waals surface area contributed by atoms with Gasteiger partial charge in [0.1, 0.15) is 10.9 Å². The fraction of sp³-hybridized carbons (Fsp3) is 0.286. The molecule has 0 aliphatic carbocycles. The first-order valence-electron chi connectivity index (χ1n) is 5.89. The molecule has 94 valence electrons. The molecule has 0 amide bonds. The molecule has 0 N–H and O–H groups in total. The number of hydrogen-bond donors (Lipinski definition) is 0. The van der Waals surface area contributed by atoms with Crippen molar-refractivity contribution in [2.75, 3.05) is 6.61 Å². The van der Waals surface area contributed by atoms with Crippen LogP contribution >= 0.6 is 11.6 Å². The molecule has 3 nitrogen and oxygen atoms in total. The number of halogens is 1. The Hall–Kier alpha value is -1.61. The van der Waals surface area contributed by atoms with Crippen molar-refractivity contribution in [2.45, 2.75) is 19.8 Å². The van der Waals surface area contributed by atoms with Gasteiger partial charge in [0.05, 0.1) is 6.61 Å². The second-order valence-electron chi connectivity index (χ2n) is 4.08. The summed E-state index contributed by atoms with van der Waals surface area (Å²) in [7, 11) is 0. The lowest BCUT2D eigenvalue weighted by molar-refractivity contribution is 0.308. The number of nitrogens with zero attached hydrogens (tertiary/aromatic N) is 2. The Balaban J connectivity index is 1.80. The summed E-state index contributed by atoms with van der Waals surface area (Å²) in [6.07, 6.45) is 7.29. The van der Waals surface area contributed by atoms with Crippen LogP contribution in [0.4, 0.5) is 0 Å². The largest absolute Gasteiger partial charge is 0.493 e. The van der Waals surface area contributed by atoms with E-state index in [1.807, 2.05) is 31.5 Å². The van der Waals surface area contributed by atoms with Crippen molar-refractivity contribution in [1.29, 1.82) is 0 Å². The van der Waals surface area contributed by atoms with Gasteiger partial charge in [0.2, 0.25) is 0 Å². The van der Waals surface area contributed by atoms with E-state index < -0.39 is 0 Å². The molecule has 0 aliphatic rings. The van der Waals surface area contributed by atoms with Gasteiger partial charge >= 0.3 is 0 Å². The molecule has 0 aliphatic heterocycles. The molecule has 0 aromatic carbocycles. The van der Waals surface area contributed by atoms with Gasteiger partial charge in [0, 0.05) is 30.2 Å². The number of pyridine rings is 2. The maximum absolute atomic E-state index is 5.83. The van der Waals surface area contributed by atoms with Crippen molar-refractivity contribution >= 4 is 11.6 Å². The molecule has 4 heteroatoms. The van der Waals surface area contributed by atoms with Gasteiger partial charge < -0.3 is 4.74 Å². The summed E-state index contributed by atoms with van der Waals surface area (Å²) in [6, 6.07) is 5.80. The minimum Gasteiger partial charge on any atom is -0.493 e. The fourth-order valence-corrected chi connectivity index (χ4v) is 1.79. The maximum Gasteiger partial charge on any atom is 0.132 e. The third kappa shape index (κ3) is 3.70. The van der Waals surface area contributed by atoms with E-state index in [0.717, 1.165) is 24.2 Å². The highest BCUT2D eigenvalue weighted by Crippen LogP contribution is 2.20. The van der Waals surface area contributed by atoms with E-state index in [1.165, 1.54) is 5.56 Å². The highest BCUT2D eigenvalue weighted by Gasteiger charge is 2.01. The average molecular weight is 263 g/mol. The summed E-state index contributed by atoms with van der Waals surface area (Å²) in [6.45, 7) is 2.63. The van der Waals surface area contributed by atoms with Gasteiger partial charge in [-0.15, -0.1) is 0 Å². The van der Waals surface area contributed by atoms with Crippen LogP contribution in [0.1, 0.15) is 17.5 Å². The molecule has 0 fully saturated rings. The Morgan fingerprint density at radius 2 is 2.06 bits per heavy atom. The Morgan fingerprint density at radius 3 is 2.83 bits per heavy atom. The van der Waals surface area contributed by atoms with Crippen molar-refractivity contribution in [3.63, 3.8) is 0 Å². The summed E-state index contributed by atoms with van der Waals surface area (Å²) in [5.74, 6) is 0.810. The lowest BCUT2D eigenvalue weighted by Crippen LogP contribution is -2.01. The van der Waals surface area contributed by atoms with Crippen molar-refractivity contribution < 1.29 is 4.74 Å². The van der Waals surface area contributed by atoms with Crippen molar-refractivity contribution in [3.8, 4) is 5.75 Å². The molecular formula is C14H15ClN2O. The van der Waals surface area contributed by atoms with Crippen LogP contribution in [0, 0.1) is 6.92 Å². The molecule has 0 spiro atoms. The Labute approximate surface area is 112 Å². The maximum atomic E-state index is 5.83. The second-order valence-corrected chi connectivity index (χ2v) is 4.47. The minimum absolute atomic E-state index is 0.463. The summed E-state index contributed by atoms with van der Waals surface area (Å²) in [5.41, 5.74) is 2.28. The van der Waals surface area contributed by atoms with E-state index in [0.29, 0.717) is 11.8 Å². The fourth-order valence-electron chi connectivity index (χ4n) is 1.64. The van der Waals surface area contributed by atoms with Gasteiger partial charge in [-0.3, -0.25) is 4.98 Å². The molecule has 2 aromatic heterocycles. The Bertz CT molecular complexity index is 502. The standard InChI is InChI=1S/C14H15ClN2O/c1-11-10-17-14(15)9-13(11)18-8-2-3-12-4-6-16-7-5-12/h4-7,9-10H,2-3,8H2,1H3. The van der Waals surface area contributed by atoms with Gasteiger partial charge in [-0.25, -0.2) is 4.98 Å². The lowest BCUT2D eigenvalue weighted by atomic mass is 10.1. The smallest absolute Gasteiger partial charge is 0.132 e. The zero-order valence-electron chi connectivity index (χ0n) is 10.3. The molecule has 18 heavy (non-hydrogen) atoms. The number of aromatic nitrogens is 2. The van der Waals surface area contributed by atoms with Gasteiger partial charge in [0.15, 0.2) is 0 Å². The molecule has 0 atom stereocenters. The van der Waals surface area contributed by atoms with Crippen molar-refractivity contribution in [1.82, 2.24) is 9.97 Å². The third-order valence-corrected chi connectivity index (χ3v) is 2.84. The van der Waals surface area contributed by atoms with Crippen molar-refractivity contribution in [2.24, 2.45) is 0 Å². The normalized spacial score (nSPS) is 10.3. The highest BCUT2D eigenvalue weighted by molar-refractivity contribution is 6.29. The van der Waals surface area contributed by atoms with Crippen molar-refractivity contribution in [3.05, 3.63) is 53.1 Å². The third-order valence-electron chi connectivity index (χ3n) is 2.64. The number of hydrogen-bond acceptors (Lipinski definition) is 3. The van der Waals surface area contributed by atoms with Crippen LogP contribution in [0.5, 0.6) is 5.75 Å². The summed E-state index contributed by atoms with van der Waals surface area (Å²) < 4.78 is 5.70. The topological polar surface area (TPSA) is 35.0 Å². The average Bonchev–Trinajstić information content (AvgIpc) is 2.40. The number of rotatable bonds is 5. The first-order chi connectivity index (χ1) is 8.75. The molecule has 0 bridgehead atoms. The van der Waals surface area contributed by atoms with Gasteiger partial charge in [-0.1, -0.05) is 11.6 Å². The monoisotopic (exact) mass is 262 g/mol. The van der Waals surface area contributed by atoms with Crippen LogP contribution in [-0.2, 0) is 6.42 Å². The summed E-state index contributed by atoms with van der Waals surface area (Å²) in [5, 5.41) is 0.463. The van der Waals surface area contributed by atoms with E-state index in [1.54, 1.807) is 12.3 Å². The molecule has 2 rings (SSSR count). The molecule has 0 saturated carbocycles. The van der Waals surface area contributed by atoms with Gasteiger partial charge in [-0.2, -0.15) is 0 Å². The minimum atomic E-state index is 0.463. The Morgan fingerprint density at radius 1 is 1.28 bits per heavy atom. The zero-order chi connectivity index (χ0) is 12.8. The quantitative estimate of drug-likeness (QED) is 0.611. The number of ether oxygens (including phenoxy) is 1. The molecule has 2 aromatic rings. The first kappa shape index (κ1) is 12.8. The van der Waals surface area contributed by atoms with E-state index in [4.69, 9.17) is 16.3 Å². The van der Waals surface area contributed by atoms with Crippen LogP contribution in [-0.4, -0.2) is 16.6 Å².